The minimum absolute atomic E-state index is 0.271. The number of thioether (sulfide) groups is 1. The number of alkyl halides is 2. The summed E-state index contributed by atoms with van der Waals surface area (Å²) < 4.78 is 26.4. The van der Waals surface area contributed by atoms with E-state index in [1.54, 1.807) is 36.4 Å². The first-order chi connectivity index (χ1) is 11.0. The van der Waals surface area contributed by atoms with Crippen LogP contribution in [0.5, 0.6) is 0 Å². The molecule has 0 saturated carbocycles. The molecule has 8 heteroatoms. The molecule has 1 heterocycles. The zero-order valence-electron chi connectivity index (χ0n) is 11.4. The Balaban J connectivity index is 1.81. The monoisotopic (exact) mass is 414 g/mol. The van der Waals surface area contributed by atoms with E-state index in [1.807, 2.05) is 6.07 Å². The van der Waals surface area contributed by atoms with Crippen molar-refractivity contribution in [3.63, 3.8) is 0 Å². The summed E-state index contributed by atoms with van der Waals surface area (Å²) in [5, 5.41) is 3.16. The van der Waals surface area contributed by atoms with Gasteiger partial charge in [-0.2, -0.15) is 8.78 Å². The van der Waals surface area contributed by atoms with E-state index in [1.165, 1.54) is 11.3 Å². The Morgan fingerprint density at radius 1 is 1.26 bits per heavy atom. The van der Waals surface area contributed by atoms with Gasteiger partial charge in [0.05, 0.1) is 10.2 Å². The van der Waals surface area contributed by atoms with Crippen LogP contribution in [0.2, 0.25) is 0 Å². The second kappa shape index (κ2) is 6.94. The van der Waals surface area contributed by atoms with Crippen LogP contribution in [0.15, 0.2) is 51.8 Å². The molecule has 0 atom stereocenters. The fraction of sp³-hybridized carbons (Fsp3) is 0.0667. The molecule has 3 rings (SSSR count). The van der Waals surface area contributed by atoms with Gasteiger partial charge >= 0.3 is 0 Å². The number of anilines is 1. The van der Waals surface area contributed by atoms with Crippen molar-refractivity contribution in [2.45, 2.75) is 10.7 Å². The molecule has 0 bridgehead atoms. The highest BCUT2D eigenvalue weighted by Gasteiger charge is 2.12. The lowest BCUT2D eigenvalue weighted by molar-refractivity contribution is 0.102. The summed E-state index contributed by atoms with van der Waals surface area (Å²) in [4.78, 5) is 17.0. The van der Waals surface area contributed by atoms with Crippen LogP contribution in [-0.4, -0.2) is 16.6 Å². The van der Waals surface area contributed by atoms with Crippen molar-refractivity contribution in [3.8, 4) is 0 Å². The maximum absolute atomic E-state index is 12.4. The van der Waals surface area contributed by atoms with Crippen LogP contribution in [0.3, 0.4) is 0 Å². The summed E-state index contributed by atoms with van der Waals surface area (Å²) in [6.45, 7) is 0. The van der Waals surface area contributed by atoms with E-state index in [-0.39, 0.29) is 5.91 Å². The lowest BCUT2D eigenvalue weighted by Gasteiger charge is -2.01. The van der Waals surface area contributed by atoms with Gasteiger partial charge in [0, 0.05) is 14.9 Å². The zero-order chi connectivity index (χ0) is 16.4. The van der Waals surface area contributed by atoms with Crippen molar-refractivity contribution in [1.29, 1.82) is 0 Å². The molecule has 0 aliphatic carbocycles. The summed E-state index contributed by atoms with van der Waals surface area (Å²) in [5.41, 5.74) is 1.17. The molecule has 0 radical (unpaired) electrons. The van der Waals surface area contributed by atoms with Gasteiger partial charge in [-0.15, -0.1) is 0 Å². The average molecular weight is 415 g/mol. The smallest absolute Gasteiger partial charge is 0.288 e. The van der Waals surface area contributed by atoms with Gasteiger partial charge in [-0.3, -0.25) is 10.1 Å². The topological polar surface area (TPSA) is 42.0 Å². The number of carbonyl (C=O) groups is 1. The van der Waals surface area contributed by atoms with Crippen molar-refractivity contribution in [2.24, 2.45) is 0 Å². The van der Waals surface area contributed by atoms with E-state index < -0.39 is 5.76 Å². The second-order valence-corrected chi connectivity index (χ2v) is 7.50. The first kappa shape index (κ1) is 16.4. The lowest BCUT2D eigenvalue weighted by atomic mass is 10.2. The molecule has 3 aromatic rings. The van der Waals surface area contributed by atoms with Gasteiger partial charge in [-0.25, -0.2) is 4.98 Å². The number of halogens is 3. The molecule has 23 heavy (non-hydrogen) atoms. The molecular weight excluding hydrogens is 406 g/mol. The van der Waals surface area contributed by atoms with Crippen molar-refractivity contribution in [1.82, 2.24) is 4.98 Å². The normalized spacial score (nSPS) is 11.1. The highest BCUT2D eigenvalue weighted by molar-refractivity contribution is 9.10. The number of fused-ring (bicyclic) bond motifs is 1. The van der Waals surface area contributed by atoms with Crippen molar-refractivity contribution in [2.75, 3.05) is 5.32 Å². The quantitative estimate of drug-likeness (QED) is 0.562. The van der Waals surface area contributed by atoms with Crippen molar-refractivity contribution >= 4 is 60.3 Å². The number of hydrogen-bond donors (Lipinski definition) is 1. The van der Waals surface area contributed by atoms with Gasteiger partial charge in [0.15, 0.2) is 5.13 Å². The van der Waals surface area contributed by atoms with E-state index in [9.17, 15) is 13.6 Å². The van der Waals surface area contributed by atoms with E-state index >= 15 is 0 Å². The fourth-order valence-corrected chi connectivity index (χ4v) is 3.85. The maximum Gasteiger partial charge on any atom is 0.288 e. The van der Waals surface area contributed by atoms with Gasteiger partial charge in [0.25, 0.3) is 11.7 Å². The molecule has 1 N–H and O–H groups in total. The largest absolute Gasteiger partial charge is 0.298 e. The molecule has 0 spiro atoms. The van der Waals surface area contributed by atoms with Gasteiger partial charge in [-0.1, -0.05) is 45.1 Å². The molecular formula is C15H9BrF2N2OS2. The average Bonchev–Trinajstić information content (AvgIpc) is 2.88. The summed E-state index contributed by atoms with van der Waals surface area (Å²) in [5.74, 6) is -2.73. The van der Waals surface area contributed by atoms with Gasteiger partial charge in [0.2, 0.25) is 0 Å². The molecule has 1 amide bonds. The predicted molar refractivity (Wildman–Crippen MR) is 93.6 cm³/mol. The molecule has 0 unspecified atom stereocenters. The highest BCUT2D eigenvalue weighted by atomic mass is 79.9. The third-order valence-electron chi connectivity index (χ3n) is 2.89. The van der Waals surface area contributed by atoms with Crippen LogP contribution >= 0.6 is 39.0 Å². The van der Waals surface area contributed by atoms with Crippen LogP contribution in [0.4, 0.5) is 13.9 Å². The van der Waals surface area contributed by atoms with Crippen molar-refractivity contribution < 1.29 is 13.6 Å². The SMILES string of the molecule is O=C(Nc1nc2ccc(SC(F)F)cc2s1)c1cccc(Br)c1. The molecule has 2 aromatic carbocycles. The highest BCUT2D eigenvalue weighted by Crippen LogP contribution is 2.32. The Bertz CT molecular complexity index is 870. The number of nitrogens with one attached hydrogen (secondary N) is 1. The third-order valence-corrected chi connectivity index (χ3v) is 5.02. The first-order valence-electron chi connectivity index (χ1n) is 6.43. The standard InChI is InChI=1S/C15H9BrF2N2OS2/c16-9-3-1-2-8(6-9)13(21)20-15-19-11-5-4-10(22-14(17)18)7-12(11)23-15/h1-7,14H,(H,19,20,21). The van der Waals surface area contributed by atoms with Crippen LogP contribution in [0.1, 0.15) is 10.4 Å². The van der Waals surface area contributed by atoms with E-state index in [2.05, 4.69) is 26.2 Å². The summed E-state index contributed by atoms with van der Waals surface area (Å²) in [6.07, 6.45) is 0. The number of thiazole rings is 1. The van der Waals surface area contributed by atoms with E-state index in [0.29, 0.717) is 32.9 Å². The van der Waals surface area contributed by atoms with Gasteiger partial charge in [-0.05, 0) is 36.4 Å². The lowest BCUT2D eigenvalue weighted by Crippen LogP contribution is -2.11. The summed E-state index contributed by atoms with van der Waals surface area (Å²) >= 11 is 5.06. The fourth-order valence-electron chi connectivity index (χ4n) is 1.93. The number of carbonyl (C=O) groups excluding carboxylic acids is 1. The Morgan fingerprint density at radius 3 is 2.83 bits per heavy atom. The number of amides is 1. The molecule has 3 nitrogen and oxygen atoms in total. The Hall–Kier alpha value is -1.51. The number of benzene rings is 2. The van der Waals surface area contributed by atoms with Gasteiger partial charge < -0.3 is 0 Å². The van der Waals surface area contributed by atoms with Crippen LogP contribution in [0, 0.1) is 0 Å². The molecule has 0 aliphatic heterocycles. The van der Waals surface area contributed by atoms with Gasteiger partial charge in [0.1, 0.15) is 0 Å². The number of rotatable bonds is 4. The van der Waals surface area contributed by atoms with E-state index in [4.69, 9.17) is 0 Å². The maximum atomic E-state index is 12.4. The minimum Gasteiger partial charge on any atom is -0.298 e. The Kier molecular flexibility index (Phi) is 4.93. The van der Waals surface area contributed by atoms with E-state index in [0.717, 1.165) is 9.17 Å². The zero-order valence-corrected chi connectivity index (χ0v) is 14.6. The Labute approximate surface area is 147 Å². The molecule has 0 aliphatic rings. The summed E-state index contributed by atoms with van der Waals surface area (Å²) in [6, 6.07) is 11.9. The Morgan fingerprint density at radius 2 is 2.09 bits per heavy atom. The number of aromatic nitrogens is 1. The van der Waals surface area contributed by atoms with Crippen LogP contribution in [0.25, 0.3) is 10.2 Å². The molecule has 1 aromatic heterocycles. The molecule has 0 fully saturated rings. The number of hydrogen-bond acceptors (Lipinski definition) is 4. The minimum atomic E-state index is -2.46. The van der Waals surface area contributed by atoms with Crippen LogP contribution in [-0.2, 0) is 0 Å². The molecule has 0 saturated heterocycles. The predicted octanol–water partition coefficient (Wildman–Crippen LogP) is 5.63. The second-order valence-electron chi connectivity index (χ2n) is 4.49. The molecule has 118 valence electrons. The summed E-state index contributed by atoms with van der Waals surface area (Å²) in [7, 11) is 0. The van der Waals surface area contributed by atoms with Crippen molar-refractivity contribution in [3.05, 3.63) is 52.5 Å². The third kappa shape index (κ3) is 4.07. The first-order valence-corrected chi connectivity index (χ1v) is 8.92. The number of nitrogens with zero attached hydrogens (tertiary/aromatic N) is 1. The van der Waals surface area contributed by atoms with Crippen LogP contribution < -0.4 is 5.32 Å².